The fourth-order valence-corrected chi connectivity index (χ4v) is 0.418. The molecule has 0 aliphatic rings. The molecular weight excluding hydrogens is 132 g/mol. The molecule has 0 saturated heterocycles. The van der Waals surface area contributed by atoms with Crippen molar-refractivity contribution in [3.8, 4) is 0 Å². The van der Waals surface area contributed by atoms with Gasteiger partial charge in [-0.3, -0.25) is 15.0 Å². The van der Waals surface area contributed by atoms with Crippen molar-refractivity contribution in [1.82, 2.24) is 10.2 Å². The number of hydrogen-bond acceptors (Lipinski definition) is 3. The maximum absolute atomic E-state index is 10.0. The number of carbonyl (C=O) groups is 1. The number of rotatable bonds is 4. The highest BCUT2D eigenvalue weighted by Gasteiger charge is 2.03. The van der Waals surface area contributed by atoms with Crippen molar-refractivity contribution in [3.63, 3.8) is 0 Å². The van der Waals surface area contributed by atoms with Crippen LogP contribution in [0.4, 0.5) is 0 Å². The summed E-state index contributed by atoms with van der Waals surface area (Å²) in [6, 6.07) is 0. The lowest BCUT2D eigenvalue weighted by Gasteiger charge is -2.19. The third kappa shape index (κ3) is 4.29. The second kappa shape index (κ2) is 4.24. The molecule has 0 aliphatic heterocycles. The third-order valence-corrected chi connectivity index (χ3v) is 1.32. The van der Waals surface area contributed by atoms with Crippen molar-refractivity contribution in [1.29, 1.82) is 0 Å². The SMILES string of the molecule is CC(NCC(=O)O)N(C)C. The van der Waals surface area contributed by atoms with Crippen LogP contribution in [0, 0.1) is 0 Å². The molecule has 60 valence electrons. The lowest BCUT2D eigenvalue weighted by atomic mass is 10.5. The topological polar surface area (TPSA) is 52.6 Å². The van der Waals surface area contributed by atoms with Crippen LogP contribution in [0.1, 0.15) is 6.92 Å². The standard InChI is InChI=1S/C6H14N2O2/c1-5(8(2)3)7-4-6(9)10/h5,7H,4H2,1-3H3,(H,9,10). The summed E-state index contributed by atoms with van der Waals surface area (Å²) in [6.07, 6.45) is 0.107. The van der Waals surface area contributed by atoms with Crippen molar-refractivity contribution >= 4 is 5.97 Å². The van der Waals surface area contributed by atoms with Gasteiger partial charge in [0.2, 0.25) is 0 Å². The Hall–Kier alpha value is -0.610. The number of aliphatic carboxylic acids is 1. The van der Waals surface area contributed by atoms with Crippen molar-refractivity contribution in [2.75, 3.05) is 20.6 Å². The molecule has 4 nitrogen and oxygen atoms in total. The quantitative estimate of drug-likeness (QED) is 0.528. The Kier molecular flexibility index (Phi) is 3.99. The van der Waals surface area contributed by atoms with Gasteiger partial charge in [0.25, 0.3) is 0 Å². The predicted octanol–water partition coefficient (Wildman–Crippen LogP) is -0.432. The molecule has 0 aromatic carbocycles. The highest BCUT2D eigenvalue weighted by molar-refractivity contribution is 5.69. The molecule has 0 bridgehead atoms. The van der Waals surface area contributed by atoms with E-state index in [-0.39, 0.29) is 12.7 Å². The molecule has 0 saturated carbocycles. The van der Waals surface area contributed by atoms with E-state index in [9.17, 15) is 4.79 Å². The first-order valence-corrected chi connectivity index (χ1v) is 3.15. The number of carboxylic acids is 1. The van der Waals surface area contributed by atoms with Crippen LogP contribution in [0.15, 0.2) is 0 Å². The second-order valence-electron chi connectivity index (χ2n) is 2.41. The molecule has 0 aromatic rings. The first-order chi connectivity index (χ1) is 4.54. The molecule has 0 heterocycles. The molecule has 0 aliphatic carbocycles. The Labute approximate surface area is 60.8 Å². The van der Waals surface area contributed by atoms with E-state index in [1.54, 1.807) is 0 Å². The highest BCUT2D eigenvalue weighted by atomic mass is 16.4. The Morgan fingerprint density at radius 1 is 1.70 bits per heavy atom. The van der Waals surface area contributed by atoms with Crippen molar-refractivity contribution in [2.24, 2.45) is 0 Å². The second-order valence-corrected chi connectivity index (χ2v) is 2.41. The van der Waals surface area contributed by atoms with E-state index < -0.39 is 5.97 Å². The van der Waals surface area contributed by atoms with Crippen LogP contribution in [0.2, 0.25) is 0 Å². The van der Waals surface area contributed by atoms with Gasteiger partial charge in [-0.2, -0.15) is 0 Å². The van der Waals surface area contributed by atoms with Crippen molar-refractivity contribution < 1.29 is 9.90 Å². The number of carboxylic acid groups (broad SMARTS) is 1. The molecule has 1 atom stereocenters. The van der Waals surface area contributed by atoms with Crippen LogP contribution in [0.5, 0.6) is 0 Å². The summed E-state index contributed by atoms with van der Waals surface area (Å²) in [6.45, 7) is 1.92. The van der Waals surface area contributed by atoms with Gasteiger partial charge in [0.1, 0.15) is 0 Å². The summed E-state index contributed by atoms with van der Waals surface area (Å²) in [7, 11) is 3.78. The molecule has 1 unspecified atom stereocenters. The molecule has 0 aromatic heterocycles. The minimum absolute atomic E-state index is 0.0132. The lowest BCUT2D eigenvalue weighted by Crippen LogP contribution is -2.41. The number of nitrogens with one attached hydrogen (secondary N) is 1. The molecule has 0 rings (SSSR count). The van der Waals surface area contributed by atoms with Gasteiger partial charge < -0.3 is 5.11 Å². The Morgan fingerprint density at radius 3 is 2.50 bits per heavy atom. The molecule has 2 N–H and O–H groups in total. The summed E-state index contributed by atoms with van der Waals surface area (Å²) < 4.78 is 0. The van der Waals surface area contributed by atoms with Gasteiger partial charge >= 0.3 is 5.97 Å². The van der Waals surface area contributed by atoms with Crippen LogP contribution in [0.3, 0.4) is 0 Å². The van der Waals surface area contributed by atoms with E-state index in [4.69, 9.17) is 5.11 Å². The summed E-state index contributed by atoms with van der Waals surface area (Å²) >= 11 is 0. The Morgan fingerprint density at radius 2 is 2.20 bits per heavy atom. The minimum atomic E-state index is -0.825. The van der Waals surface area contributed by atoms with Crippen molar-refractivity contribution in [2.45, 2.75) is 13.1 Å². The summed E-state index contributed by atoms with van der Waals surface area (Å²) in [4.78, 5) is 12.0. The summed E-state index contributed by atoms with van der Waals surface area (Å²) in [5.74, 6) is -0.825. The van der Waals surface area contributed by atoms with E-state index >= 15 is 0 Å². The molecule has 0 fully saturated rings. The average Bonchev–Trinajstić information content (AvgIpc) is 1.82. The lowest BCUT2D eigenvalue weighted by molar-refractivity contribution is -0.136. The molecule has 4 heteroatoms. The van der Waals surface area contributed by atoms with Gasteiger partial charge in [-0.25, -0.2) is 0 Å². The van der Waals surface area contributed by atoms with Crippen LogP contribution < -0.4 is 5.32 Å². The largest absolute Gasteiger partial charge is 0.480 e. The minimum Gasteiger partial charge on any atom is -0.480 e. The Bertz CT molecular complexity index is 114. The molecule has 10 heavy (non-hydrogen) atoms. The summed E-state index contributed by atoms with van der Waals surface area (Å²) in [5.41, 5.74) is 0. The maximum Gasteiger partial charge on any atom is 0.317 e. The zero-order valence-corrected chi connectivity index (χ0v) is 6.59. The van der Waals surface area contributed by atoms with Gasteiger partial charge in [0.15, 0.2) is 0 Å². The van der Waals surface area contributed by atoms with Gasteiger partial charge in [-0.1, -0.05) is 0 Å². The predicted molar refractivity (Wildman–Crippen MR) is 38.8 cm³/mol. The molecule has 0 spiro atoms. The van der Waals surface area contributed by atoms with Crippen molar-refractivity contribution in [3.05, 3.63) is 0 Å². The van der Waals surface area contributed by atoms with Crippen LogP contribution in [-0.2, 0) is 4.79 Å². The fourth-order valence-electron chi connectivity index (χ4n) is 0.418. The zero-order valence-electron chi connectivity index (χ0n) is 6.59. The number of hydrogen-bond donors (Lipinski definition) is 2. The maximum atomic E-state index is 10.0. The summed E-state index contributed by atoms with van der Waals surface area (Å²) in [5, 5.41) is 11.1. The smallest absolute Gasteiger partial charge is 0.317 e. The fraction of sp³-hybridized carbons (Fsp3) is 0.833. The van der Waals surface area contributed by atoms with E-state index in [2.05, 4.69) is 5.32 Å². The zero-order chi connectivity index (χ0) is 8.15. The van der Waals surface area contributed by atoms with Gasteiger partial charge in [0, 0.05) is 0 Å². The molecular formula is C6H14N2O2. The van der Waals surface area contributed by atoms with Crippen LogP contribution in [0.25, 0.3) is 0 Å². The van der Waals surface area contributed by atoms with Gasteiger partial charge in [0.05, 0.1) is 12.7 Å². The van der Waals surface area contributed by atoms with E-state index in [0.29, 0.717) is 0 Å². The van der Waals surface area contributed by atoms with Crippen LogP contribution >= 0.6 is 0 Å². The van der Waals surface area contributed by atoms with Gasteiger partial charge in [-0.05, 0) is 21.0 Å². The first-order valence-electron chi connectivity index (χ1n) is 3.15. The first kappa shape index (κ1) is 9.39. The molecule has 0 radical (unpaired) electrons. The average molecular weight is 146 g/mol. The number of nitrogens with zero attached hydrogens (tertiary/aromatic N) is 1. The van der Waals surface area contributed by atoms with E-state index in [1.165, 1.54) is 0 Å². The molecule has 0 amide bonds. The van der Waals surface area contributed by atoms with Gasteiger partial charge in [-0.15, -0.1) is 0 Å². The highest BCUT2D eigenvalue weighted by Crippen LogP contribution is 1.83. The third-order valence-electron chi connectivity index (χ3n) is 1.32. The Balaban J connectivity index is 3.39. The van der Waals surface area contributed by atoms with Crippen LogP contribution in [-0.4, -0.2) is 42.8 Å². The normalized spacial score (nSPS) is 13.6. The van der Waals surface area contributed by atoms with E-state index in [1.807, 2.05) is 25.9 Å². The monoisotopic (exact) mass is 146 g/mol. The van der Waals surface area contributed by atoms with E-state index in [0.717, 1.165) is 0 Å².